The van der Waals surface area contributed by atoms with Crippen LogP contribution in [0.25, 0.3) is 5.57 Å². The molecular formula is C15H12. The predicted octanol–water partition coefficient (Wildman–Crippen LogP) is 3.75. The highest BCUT2D eigenvalue weighted by Gasteiger charge is 2.18. The first-order chi connectivity index (χ1) is 7.45. The molecule has 0 bridgehead atoms. The summed E-state index contributed by atoms with van der Waals surface area (Å²) in [6.07, 6.45) is 13.2. The fourth-order valence-electron chi connectivity index (χ4n) is 2.17. The molecule has 0 fully saturated rings. The van der Waals surface area contributed by atoms with E-state index in [1.165, 1.54) is 16.7 Å². The Bertz CT molecular complexity index is 484. The van der Waals surface area contributed by atoms with E-state index in [4.69, 9.17) is 0 Å². The topological polar surface area (TPSA) is 0 Å². The number of benzene rings is 1. The fourth-order valence-corrected chi connectivity index (χ4v) is 2.17. The molecule has 2 aliphatic carbocycles. The summed E-state index contributed by atoms with van der Waals surface area (Å²) in [5, 5.41) is 0. The normalized spacial score (nSPS) is 22.3. The molecule has 1 aromatic rings. The van der Waals surface area contributed by atoms with Crippen molar-refractivity contribution in [2.45, 2.75) is 0 Å². The van der Waals surface area contributed by atoms with E-state index in [-0.39, 0.29) is 0 Å². The van der Waals surface area contributed by atoms with E-state index >= 15 is 0 Å². The molecule has 0 radical (unpaired) electrons. The lowest BCUT2D eigenvalue weighted by atomic mass is 9.93. The van der Waals surface area contributed by atoms with Gasteiger partial charge >= 0.3 is 0 Å². The van der Waals surface area contributed by atoms with E-state index in [0.29, 0.717) is 5.92 Å². The summed E-state index contributed by atoms with van der Waals surface area (Å²) >= 11 is 0. The Morgan fingerprint density at radius 1 is 0.800 bits per heavy atom. The number of allylic oxidation sites excluding steroid dienone is 8. The van der Waals surface area contributed by atoms with E-state index in [1.54, 1.807) is 0 Å². The van der Waals surface area contributed by atoms with Crippen LogP contribution in [0.5, 0.6) is 0 Å². The summed E-state index contributed by atoms with van der Waals surface area (Å²) in [5.41, 5.74) is 4.09. The second-order valence-corrected chi connectivity index (χ2v) is 3.86. The van der Waals surface area contributed by atoms with Crippen molar-refractivity contribution in [3.05, 3.63) is 77.9 Å². The zero-order valence-electron chi connectivity index (χ0n) is 8.43. The van der Waals surface area contributed by atoms with Crippen molar-refractivity contribution >= 4 is 5.57 Å². The first-order valence-corrected chi connectivity index (χ1v) is 5.28. The van der Waals surface area contributed by atoms with Gasteiger partial charge in [0.15, 0.2) is 0 Å². The predicted molar refractivity (Wildman–Crippen MR) is 64.3 cm³/mol. The summed E-state index contributed by atoms with van der Waals surface area (Å²) in [5.74, 6) is 0.491. The molecule has 1 unspecified atom stereocenters. The second kappa shape index (κ2) is 3.39. The SMILES string of the molecule is C1=CC2=C(c3ccccc3)C=CC2C=C1. The van der Waals surface area contributed by atoms with Crippen molar-refractivity contribution in [3.8, 4) is 0 Å². The maximum atomic E-state index is 2.26. The lowest BCUT2D eigenvalue weighted by Crippen LogP contribution is -1.95. The molecule has 2 aliphatic rings. The molecule has 0 nitrogen and oxygen atoms in total. The van der Waals surface area contributed by atoms with Crippen molar-refractivity contribution in [3.63, 3.8) is 0 Å². The van der Waals surface area contributed by atoms with Crippen molar-refractivity contribution < 1.29 is 0 Å². The Kier molecular flexibility index (Phi) is 1.92. The largest absolute Gasteiger partial charge is 0.0732 e. The Labute approximate surface area is 89.9 Å². The zero-order chi connectivity index (χ0) is 10.1. The summed E-state index contributed by atoms with van der Waals surface area (Å²) in [7, 11) is 0. The van der Waals surface area contributed by atoms with Crippen molar-refractivity contribution in [2.75, 3.05) is 0 Å². The quantitative estimate of drug-likeness (QED) is 0.635. The van der Waals surface area contributed by atoms with Gasteiger partial charge in [-0.3, -0.25) is 0 Å². The van der Waals surface area contributed by atoms with Gasteiger partial charge in [-0.05, 0) is 16.7 Å². The van der Waals surface area contributed by atoms with E-state index in [1.807, 2.05) is 0 Å². The van der Waals surface area contributed by atoms with Crippen LogP contribution in [0.4, 0.5) is 0 Å². The highest BCUT2D eigenvalue weighted by Crippen LogP contribution is 2.35. The molecule has 0 aromatic heterocycles. The third-order valence-corrected chi connectivity index (χ3v) is 2.93. The average Bonchev–Trinajstić information content (AvgIpc) is 2.74. The van der Waals surface area contributed by atoms with Gasteiger partial charge in [-0.1, -0.05) is 66.8 Å². The monoisotopic (exact) mass is 192 g/mol. The molecule has 0 spiro atoms. The van der Waals surface area contributed by atoms with Crippen molar-refractivity contribution in [2.24, 2.45) is 5.92 Å². The Morgan fingerprint density at radius 3 is 2.53 bits per heavy atom. The molecule has 0 heteroatoms. The summed E-state index contributed by atoms with van der Waals surface area (Å²) in [6.45, 7) is 0. The third-order valence-electron chi connectivity index (χ3n) is 2.93. The number of fused-ring (bicyclic) bond motifs is 1. The molecule has 72 valence electrons. The minimum atomic E-state index is 0.491. The molecule has 0 heterocycles. The van der Waals surface area contributed by atoms with Crippen LogP contribution in [-0.2, 0) is 0 Å². The zero-order valence-corrected chi connectivity index (χ0v) is 8.43. The molecule has 1 atom stereocenters. The van der Waals surface area contributed by atoms with E-state index in [0.717, 1.165) is 0 Å². The number of rotatable bonds is 1. The minimum absolute atomic E-state index is 0.491. The molecule has 1 aromatic carbocycles. The van der Waals surface area contributed by atoms with Gasteiger partial charge in [-0.2, -0.15) is 0 Å². The van der Waals surface area contributed by atoms with Crippen LogP contribution >= 0.6 is 0 Å². The first-order valence-electron chi connectivity index (χ1n) is 5.28. The highest BCUT2D eigenvalue weighted by atomic mass is 14.2. The minimum Gasteiger partial charge on any atom is -0.0732 e. The smallest absolute Gasteiger partial charge is 0.0211 e. The number of hydrogen-bond acceptors (Lipinski definition) is 0. The Morgan fingerprint density at radius 2 is 1.67 bits per heavy atom. The van der Waals surface area contributed by atoms with Crippen LogP contribution in [-0.4, -0.2) is 0 Å². The first kappa shape index (κ1) is 8.49. The van der Waals surface area contributed by atoms with Crippen LogP contribution in [0, 0.1) is 5.92 Å². The highest BCUT2D eigenvalue weighted by molar-refractivity contribution is 5.82. The third kappa shape index (κ3) is 1.39. The average molecular weight is 192 g/mol. The standard InChI is InChI=1S/C15H12/c1-2-6-12(7-3-1)15-11-10-13-8-4-5-9-14(13)15/h1-11,13H. The molecule has 0 amide bonds. The number of hydrogen-bond donors (Lipinski definition) is 0. The lowest BCUT2D eigenvalue weighted by Gasteiger charge is -2.11. The Balaban J connectivity index is 2.11. The van der Waals surface area contributed by atoms with Crippen LogP contribution in [0.1, 0.15) is 5.56 Å². The molecule has 0 aliphatic heterocycles. The van der Waals surface area contributed by atoms with Gasteiger partial charge in [-0.15, -0.1) is 0 Å². The van der Waals surface area contributed by atoms with Gasteiger partial charge in [0.25, 0.3) is 0 Å². The van der Waals surface area contributed by atoms with Crippen LogP contribution in [0.15, 0.2) is 72.4 Å². The summed E-state index contributed by atoms with van der Waals surface area (Å²) in [4.78, 5) is 0. The summed E-state index contributed by atoms with van der Waals surface area (Å²) in [6, 6.07) is 10.6. The molecule has 3 rings (SSSR count). The van der Waals surface area contributed by atoms with Gasteiger partial charge in [0.1, 0.15) is 0 Å². The molecule has 0 N–H and O–H groups in total. The van der Waals surface area contributed by atoms with Gasteiger partial charge in [0, 0.05) is 5.92 Å². The fraction of sp³-hybridized carbons (Fsp3) is 0.0667. The molecule has 0 saturated carbocycles. The van der Waals surface area contributed by atoms with Crippen molar-refractivity contribution in [1.82, 2.24) is 0 Å². The summed E-state index contributed by atoms with van der Waals surface area (Å²) < 4.78 is 0. The van der Waals surface area contributed by atoms with Gasteiger partial charge in [0.05, 0.1) is 0 Å². The van der Waals surface area contributed by atoms with Crippen LogP contribution < -0.4 is 0 Å². The van der Waals surface area contributed by atoms with Crippen molar-refractivity contribution in [1.29, 1.82) is 0 Å². The molecular weight excluding hydrogens is 180 g/mol. The van der Waals surface area contributed by atoms with Crippen LogP contribution in [0.3, 0.4) is 0 Å². The maximum Gasteiger partial charge on any atom is 0.0211 e. The Hall–Kier alpha value is -1.82. The van der Waals surface area contributed by atoms with Gasteiger partial charge < -0.3 is 0 Å². The second-order valence-electron chi connectivity index (χ2n) is 3.86. The maximum absolute atomic E-state index is 2.26. The van der Waals surface area contributed by atoms with E-state index < -0.39 is 0 Å². The van der Waals surface area contributed by atoms with E-state index in [2.05, 4.69) is 66.8 Å². The molecule has 15 heavy (non-hydrogen) atoms. The lowest BCUT2D eigenvalue weighted by molar-refractivity contribution is 1.02. The van der Waals surface area contributed by atoms with Gasteiger partial charge in [-0.25, -0.2) is 0 Å². The van der Waals surface area contributed by atoms with Crippen LogP contribution in [0.2, 0.25) is 0 Å². The van der Waals surface area contributed by atoms with E-state index in [9.17, 15) is 0 Å². The van der Waals surface area contributed by atoms with Gasteiger partial charge in [0.2, 0.25) is 0 Å². The molecule has 0 saturated heterocycles.